The number of esters is 2. The molecule has 0 aromatic heterocycles. The van der Waals surface area contributed by atoms with E-state index >= 15 is 0 Å². The van der Waals surface area contributed by atoms with Crippen molar-refractivity contribution in [2.75, 3.05) is 0 Å². The molecule has 16 heteroatoms. The summed E-state index contributed by atoms with van der Waals surface area (Å²) in [5.41, 5.74) is -0.866. The van der Waals surface area contributed by atoms with Crippen molar-refractivity contribution in [1.82, 2.24) is 0 Å². The van der Waals surface area contributed by atoms with Crippen LogP contribution in [0.1, 0.15) is 20.7 Å². The summed E-state index contributed by atoms with van der Waals surface area (Å²) < 4.78 is 108. The van der Waals surface area contributed by atoms with Gasteiger partial charge in [0, 0.05) is 3.57 Å². The van der Waals surface area contributed by atoms with Gasteiger partial charge in [-0.3, -0.25) is 0 Å². The first-order chi connectivity index (χ1) is 14.9. The number of hydrogen-bond acceptors (Lipinski definition) is 7. The van der Waals surface area contributed by atoms with Gasteiger partial charge in [-0.1, -0.05) is 0 Å². The van der Waals surface area contributed by atoms with E-state index in [-0.39, 0.29) is 11.3 Å². The summed E-state index contributed by atoms with van der Waals surface area (Å²) >= 11 is 5.95. The predicted octanol–water partition coefficient (Wildman–Crippen LogP) is 4.95. The Bertz CT molecular complexity index is 1160. The third-order valence-corrected chi connectivity index (χ3v) is 6.78. The molecule has 0 aliphatic rings. The van der Waals surface area contributed by atoms with Crippen molar-refractivity contribution < 1.29 is 54.0 Å². The van der Waals surface area contributed by atoms with Gasteiger partial charge in [0.1, 0.15) is 0 Å². The molecule has 7 nitrogen and oxygen atoms in total. The van der Waals surface area contributed by atoms with Crippen LogP contribution in [0.2, 0.25) is 0 Å². The molecular weight excluding hydrogens is 824 g/mol. The van der Waals surface area contributed by atoms with Gasteiger partial charge in [0.25, 0.3) is 6.10 Å². The maximum Gasteiger partial charge on any atom is 0.432 e. The second kappa shape index (κ2) is 10.4. The Kier molecular flexibility index (Phi) is 8.94. The van der Waals surface area contributed by atoms with Gasteiger partial charge in [0.2, 0.25) is 0 Å². The highest BCUT2D eigenvalue weighted by Crippen LogP contribution is 2.38. The molecule has 0 heterocycles. The van der Waals surface area contributed by atoms with E-state index in [4.69, 9.17) is 4.74 Å². The van der Waals surface area contributed by atoms with Crippen LogP contribution in [0.5, 0.6) is 5.75 Å². The lowest BCUT2D eigenvalue weighted by molar-refractivity contribution is -0.248. The summed E-state index contributed by atoms with van der Waals surface area (Å²) in [7, 11) is -6.81. The van der Waals surface area contributed by atoms with E-state index in [1.54, 1.807) is 12.1 Å². The number of halogens is 8. The Labute approximate surface area is 223 Å². The number of hydrogen-bond donors (Lipinski definition) is 0. The minimum Gasteiger partial charge on any atom is -0.743 e. The molecular formula is C17H7F5I3O7S-. The first kappa shape index (κ1) is 28.4. The summed E-state index contributed by atoms with van der Waals surface area (Å²) in [6, 6.07) is 6.94. The zero-order valence-electron chi connectivity index (χ0n) is 15.3. The molecule has 0 N–H and O–H groups in total. The van der Waals surface area contributed by atoms with Crippen molar-refractivity contribution in [3.63, 3.8) is 0 Å². The third kappa shape index (κ3) is 6.84. The van der Waals surface area contributed by atoms with Crippen molar-refractivity contribution in [2.45, 2.75) is 17.5 Å². The largest absolute Gasteiger partial charge is 0.743 e. The third-order valence-electron chi connectivity index (χ3n) is 3.67. The van der Waals surface area contributed by atoms with Gasteiger partial charge in [-0.05, 0) is 104 Å². The minimum absolute atomic E-state index is 0.142. The number of rotatable bonds is 6. The van der Waals surface area contributed by atoms with Gasteiger partial charge in [-0.15, -0.1) is 0 Å². The van der Waals surface area contributed by atoms with Gasteiger partial charge < -0.3 is 14.0 Å². The highest BCUT2D eigenvalue weighted by Gasteiger charge is 2.63. The van der Waals surface area contributed by atoms with Crippen molar-refractivity contribution in [1.29, 1.82) is 0 Å². The Morgan fingerprint density at radius 2 is 1.30 bits per heavy atom. The second-order valence-electron chi connectivity index (χ2n) is 6.01. The van der Waals surface area contributed by atoms with Gasteiger partial charge in [-0.2, -0.15) is 22.0 Å². The predicted molar refractivity (Wildman–Crippen MR) is 126 cm³/mol. The van der Waals surface area contributed by atoms with E-state index in [0.717, 1.165) is 27.8 Å². The van der Waals surface area contributed by atoms with E-state index in [2.05, 4.69) is 27.3 Å². The molecule has 0 spiro atoms. The average molecular weight is 831 g/mol. The van der Waals surface area contributed by atoms with Gasteiger partial charge in [0.05, 0.1) is 18.3 Å². The SMILES string of the molecule is O=C(Oc1c(I)cc(I)cc1I)c1ccc(C(=O)OC(C(F)(F)F)C(F)(F)S(=O)(=O)[O-])cc1. The zero-order valence-corrected chi connectivity index (χ0v) is 22.6. The van der Waals surface area contributed by atoms with Crippen molar-refractivity contribution in [2.24, 2.45) is 0 Å². The van der Waals surface area contributed by atoms with Crippen LogP contribution >= 0.6 is 67.8 Å². The fourth-order valence-electron chi connectivity index (χ4n) is 2.15. The van der Waals surface area contributed by atoms with Crippen LogP contribution in [0.3, 0.4) is 0 Å². The molecule has 0 fully saturated rings. The number of ether oxygens (including phenoxy) is 2. The van der Waals surface area contributed by atoms with Crippen LogP contribution < -0.4 is 4.74 Å². The summed E-state index contributed by atoms with van der Waals surface area (Å²) in [4.78, 5) is 24.2. The van der Waals surface area contributed by atoms with E-state index in [1.165, 1.54) is 0 Å². The van der Waals surface area contributed by atoms with Crippen molar-refractivity contribution >= 4 is 89.8 Å². The first-order valence-corrected chi connectivity index (χ1v) is 12.7. The normalized spacial score (nSPS) is 13.4. The lowest BCUT2D eigenvalue weighted by Crippen LogP contribution is -2.52. The molecule has 1 atom stereocenters. The average Bonchev–Trinajstić information content (AvgIpc) is 2.66. The highest BCUT2D eigenvalue weighted by atomic mass is 127. The molecule has 33 heavy (non-hydrogen) atoms. The van der Waals surface area contributed by atoms with Gasteiger partial charge in [-0.25, -0.2) is 18.0 Å². The van der Waals surface area contributed by atoms with Gasteiger partial charge >= 0.3 is 23.4 Å². The van der Waals surface area contributed by atoms with Crippen LogP contribution in [0.25, 0.3) is 0 Å². The first-order valence-electron chi connectivity index (χ1n) is 8.03. The van der Waals surface area contributed by atoms with Crippen LogP contribution in [0.15, 0.2) is 36.4 Å². The quantitative estimate of drug-likeness (QED) is 0.133. The van der Waals surface area contributed by atoms with Crippen LogP contribution in [0, 0.1) is 10.7 Å². The van der Waals surface area contributed by atoms with Crippen LogP contribution in [-0.4, -0.2) is 42.4 Å². The minimum atomic E-state index is -6.81. The standard InChI is InChI=1S/C17H8F5I3O7S/c18-16(19,20)15(17(21,22)33(28,29)30)32-14(27)8-3-1-7(2-4-8)13(26)31-12-10(24)5-9(23)6-11(12)25/h1-6,15H,(H,28,29,30)/p-1. The molecule has 2 aromatic rings. The van der Waals surface area contributed by atoms with Crippen molar-refractivity contribution in [3.8, 4) is 5.75 Å². The molecule has 0 saturated heterocycles. The number of alkyl halides is 5. The molecule has 1 unspecified atom stereocenters. The Hall–Kier alpha value is -0.870. The number of carbonyl (C=O) groups is 2. The Morgan fingerprint density at radius 3 is 1.70 bits per heavy atom. The zero-order chi connectivity index (χ0) is 25.4. The van der Waals surface area contributed by atoms with Crippen LogP contribution in [0.4, 0.5) is 22.0 Å². The summed E-state index contributed by atoms with van der Waals surface area (Å²) in [5, 5.41) is -5.97. The lowest BCUT2D eigenvalue weighted by Gasteiger charge is -2.29. The Morgan fingerprint density at radius 1 is 0.879 bits per heavy atom. The Balaban J connectivity index is 2.23. The maximum absolute atomic E-state index is 13.5. The molecule has 0 aliphatic carbocycles. The molecule has 0 amide bonds. The van der Waals surface area contributed by atoms with E-state index in [9.17, 15) is 44.5 Å². The number of benzene rings is 2. The summed E-state index contributed by atoms with van der Waals surface area (Å²) in [6.07, 6.45) is -10.6. The summed E-state index contributed by atoms with van der Waals surface area (Å²) in [5.74, 6) is -2.63. The fourth-order valence-corrected chi connectivity index (χ4v) is 6.40. The van der Waals surface area contributed by atoms with E-state index in [1.807, 2.05) is 45.2 Å². The van der Waals surface area contributed by atoms with Crippen molar-refractivity contribution in [3.05, 3.63) is 58.2 Å². The fraction of sp³-hybridized carbons (Fsp3) is 0.176. The van der Waals surface area contributed by atoms with E-state index < -0.39 is 45.2 Å². The van der Waals surface area contributed by atoms with Crippen LogP contribution in [-0.2, 0) is 14.9 Å². The topological polar surface area (TPSA) is 110 Å². The second-order valence-corrected chi connectivity index (χ2v) is 11.0. The smallest absolute Gasteiger partial charge is 0.432 e. The highest BCUT2D eigenvalue weighted by molar-refractivity contribution is 14.1. The molecule has 2 aromatic carbocycles. The molecule has 0 bridgehead atoms. The number of carbonyl (C=O) groups excluding carboxylic acids is 2. The van der Waals surface area contributed by atoms with Gasteiger partial charge in [0.15, 0.2) is 15.9 Å². The summed E-state index contributed by atoms with van der Waals surface area (Å²) in [6.45, 7) is 0. The molecule has 2 rings (SSSR count). The monoisotopic (exact) mass is 831 g/mol. The lowest BCUT2D eigenvalue weighted by atomic mass is 10.1. The molecule has 0 radical (unpaired) electrons. The molecule has 180 valence electrons. The van der Waals surface area contributed by atoms with E-state index in [0.29, 0.717) is 7.14 Å². The molecule has 0 saturated carbocycles. The molecule has 0 aliphatic heterocycles. The maximum atomic E-state index is 13.5.